The van der Waals surface area contributed by atoms with Crippen molar-refractivity contribution in [2.24, 2.45) is 0 Å². The minimum Gasteiger partial charge on any atom is -0.458 e. The van der Waals surface area contributed by atoms with Crippen LogP contribution in [0.5, 0.6) is 0 Å². The molecule has 2 aromatic rings. The lowest BCUT2D eigenvalue weighted by Crippen LogP contribution is -2.55. The van der Waals surface area contributed by atoms with Crippen LogP contribution in [0.15, 0.2) is 52.2 Å². The molecular formula is C35H57N3O9Si2. The van der Waals surface area contributed by atoms with Gasteiger partial charge in [0.15, 0.2) is 22.9 Å². The van der Waals surface area contributed by atoms with Gasteiger partial charge in [-0.25, -0.2) is 14.4 Å². The van der Waals surface area contributed by atoms with E-state index >= 15 is 0 Å². The van der Waals surface area contributed by atoms with Crippen LogP contribution in [0.2, 0.25) is 36.3 Å². The average molecular weight is 720 g/mol. The first-order valence-corrected chi connectivity index (χ1v) is 22.7. The summed E-state index contributed by atoms with van der Waals surface area (Å²) in [6, 6.07) is 9.25. The SMILES string of the molecule is CC(C)(C)OC(=O)[C@H](C[C@H]1O[C@@H](n2ccc(=O)[nH]c2=O)[C@H](O[Si](C)(C)C(C)(C)C)[C@@H]1O[Si](C)(C)C(C)(C)C)NC(=O)OCc1ccccc1. The van der Waals surface area contributed by atoms with Crippen molar-refractivity contribution in [1.29, 1.82) is 0 Å². The van der Waals surface area contributed by atoms with Crippen LogP contribution in [-0.4, -0.2) is 68.2 Å². The zero-order valence-electron chi connectivity index (χ0n) is 31.5. The molecule has 49 heavy (non-hydrogen) atoms. The number of rotatable bonds is 11. The van der Waals surface area contributed by atoms with Gasteiger partial charge in [0, 0.05) is 18.7 Å². The Bertz CT molecular complexity index is 1550. The third-order valence-electron chi connectivity index (χ3n) is 9.55. The summed E-state index contributed by atoms with van der Waals surface area (Å²) in [5.41, 5.74) is -1.28. The maximum Gasteiger partial charge on any atom is 0.408 e. The Labute approximate surface area is 292 Å². The monoisotopic (exact) mass is 719 g/mol. The predicted molar refractivity (Wildman–Crippen MR) is 193 cm³/mol. The van der Waals surface area contributed by atoms with Gasteiger partial charge in [-0.05, 0) is 62.6 Å². The van der Waals surface area contributed by atoms with Gasteiger partial charge in [-0.2, -0.15) is 0 Å². The standard InChI is InChI=1S/C35H57N3O9Si2/c1-33(2,3)45-30(40)24(36-32(42)43-22-23-17-15-14-16-18-23)21-25-27(46-48(10,11)34(4,5)6)28(47-49(12,13)35(7,8)9)29(44-25)38-20-19-26(39)37-31(38)41/h14-20,24-25,27-29H,21-22H2,1-13H3,(H,36,42)(H,37,39,41)/t24-,25+,27+,28+,29+/m0/s1. The minimum absolute atomic E-state index is 0.00434. The summed E-state index contributed by atoms with van der Waals surface area (Å²) in [7, 11) is -5.09. The number of amides is 1. The van der Waals surface area contributed by atoms with Crippen molar-refractivity contribution in [2.45, 2.75) is 148 Å². The van der Waals surface area contributed by atoms with Gasteiger partial charge in [-0.1, -0.05) is 71.9 Å². The molecule has 0 bridgehead atoms. The van der Waals surface area contributed by atoms with Crippen LogP contribution in [-0.2, 0) is 34.5 Å². The Kier molecular flexibility index (Phi) is 12.4. The van der Waals surface area contributed by atoms with E-state index < -0.39 is 76.1 Å². The van der Waals surface area contributed by atoms with Crippen molar-refractivity contribution in [3.63, 3.8) is 0 Å². The number of aromatic amines is 1. The van der Waals surface area contributed by atoms with Gasteiger partial charge in [0.25, 0.3) is 5.56 Å². The van der Waals surface area contributed by atoms with Crippen LogP contribution in [0.1, 0.15) is 80.5 Å². The fraction of sp³-hybridized carbons (Fsp3) is 0.657. The van der Waals surface area contributed by atoms with Gasteiger partial charge in [-0.15, -0.1) is 0 Å². The first kappa shape index (κ1) is 40.4. The average Bonchev–Trinajstić information content (AvgIpc) is 3.24. The second-order valence-corrected chi connectivity index (χ2v) is 26.3. The molecule has 5 atom stereocenters. The number of benzene rings is 1. The molecule has 1 aliphatic rings. The number of hydrogen-bond acceptors (Lipinski definition) is 9. The Morgan fingerprint density at radius 1 is 0.878 bits per heavy atom. The summed E-state index contributed by atoms with van der Waals surface area (Å²) in [4.78, 5) is 54.4. The van der Waals surface area contributed by atoms with Gasteiger partial charge in [0.2, 0.25) is 0 Å². The lowest BCUT2D eigenvalue weighted by Gasteiger charge is -2.44. The first-order chi connectivity index (χ1) is 22.3. The van der Waals surface area contributed by atoms with Crippen LogP contribution in [0, 0.1) is 0 Å². The van der Waals surface area contributed by atoms with E-state index in [1.807, 2.05) is 30.3 Å². The van der Waals surface area contributed by atoms with Crippen molar-refractivity contribution in [3.8, 4) is 0 Å². The number of carbonyl (C=O) groups is 2. The maximum absolute atomic E-state index is 13.7. The van der Waals surface area contributed by atoms with E-state index in [0.717, 1.165) is 5.56 Å². The number of carbonyl (C=O) groups excluding carboxylic acids is 2. The Hall–Kier alpha value is -3.05. The zero-order chi connectivity index (χ0) is 37.2. The van der Waals surface area contributed by atoms with Gasteiger partial charge in [-0.3, -0.25) is 14.3 Å². The fourth-order valence-corrected chi connectivity index (χ4v) is 7.38. The van der Waals surface area contributed by atoms with Gasteiger partial charge in [0.1, 0.15) is 30.5 Å². The summed E-state index contributed by atoms with van der Waals surface area (Å²) in [6.07, 6.45) is -2.91. The molecule has 0 spiro atoms. The van der Waals surface area contributed by atoms with E-state index in [-0.39, 0.29) is 23.1 Å². The highest BCUT2D eigenvalue weighted by Crippen LogP contribution is 2.46. The highest BCUT2D eigenvalue weighted by molar-refractivity contribution is 6.74. The fourth-order valence-electron chi connectivity index (χ4n) is 4.78. The van der Waals surface area contributed by atoms with Gasteiger partial charge < -0.3 is 28.4 Å². The molecule has 0 saturated carbocycles. The second kappa shape index (κ2) is 15.1. The molecule has 1 aromatic heterocycles. The van der Waals surface area contributed by atoms with Crippen LogP contribution < -0.4 is 16.6 Å². The third-order valence-corrected chi connectivity index (χ3v) is 18.5. The number of hydrogen-bond donors (Lipinski definition) is 2. The van der Waals surface area contributed by atoms with Crippen molar-refractivity contribution < 1.29 is 32.7 Å². The lowest BCUT2D eigenvalue weighted by molar-refractivity contribution is -0.159. The van der Waals surface area contributed by atoms with E-state index in [2.05, 4.69) is 78.0 Å². The second-order valence-electron chi connectivity index (χ2n) is 16.8. The summed E-state index contributed by atoms with van der Waals surface area (Å²) < 4.78 is 33.3. The summed E-state index contributed by atoms with van der Waals surface area (Å²) in [5, 5.41) is 2.28. The number of ether oxygens (including phenoxy) is 3. The quantitative estimate of drug-likeness (QED) is 0.203. The van der Waals surface area contributed by atoms with Crippen LogP contribution in [0.3, 0.4) is 0 Å². The largest absolute Gasteiger partial charge is 0.458 e. The Morgan fingerprint density at radius 2 is 1.43 bits per heavy atom. The Morgan fingerprint density at radius 3 is 1.94 bits per heavy atom. The number of H-pyrrole nitrogens is 1. The summed E-state index contributed by atoms with van der Waals surface area (Å²) >= 11 is 0. The molecular weight excluding hydrogens is 663 g/mol. The van der Waals surface area contributed by atoms with E-state index in [9.17, 15) is 19.2 Å². The van der Waals surface area contributed by atoms with Crippen molar-refractivity contribution in [2.75, 3.05) is 0 Å². The molecule has 1 aromatic carbocycles. The van der Waals surface area contributed by atoms with Crippen molar-refractivity contribution in [1.82, 2.24) is 14.9 Å². The molecule has 2 heterocycles. The highest BCUT2D eigenvalue weighted by atomic mass is 28.4. The van der Waals surface area contributed by atoms with Crippen LogP contribution >= 0.6 is 0 Å². The van der Waals surface area contributed by atoms with E-state index in [1.54, 1.807) is 20.8 Å². The number of alkyl carbamates (subject to hydrolysis) is 1. The number of aromatic nitrogens is 2. The summed E-state index contributed by atoms with van der Waals surface area (Å²) in [6.45, 7) is 26.3. The maximum atomic E-state index is 13.7. The zero-order valence-corrected chi connectivity index (χ0v) is 33.5. The molecule has 12 nitrogen and oxygen atoms in total. The molecule has 2 N–H and O–H groups in total. The molecule has 1 amide bonds. The lowest BCUT2D eigenvalue weighted by atomic mass is 10.0. The number of nitrogens with one attached hydrogen (secondary N) is 2. The van der Waals surface area contributed by atoms with Crippen LogP contribution in [0.4, 0.5) is 4.79 Å². The molecule has 0 radical (unpaired) electrons. The van der Waals surface area contributed by atoms with Gasteiger partial charge in [0.05, 0.1) is 6.10 Å². The van der Waals surface area contributed by atoms with Crippen LogP contribution in [0.25, 0.3) is 0 Å². The van der Waals surface area contributed by atoms with E-state index in [1.165, 1.54) is 16.8 Å². The molecule has 0 unspecified atom stereocenters. The van der Waals surface area contributed by atoms with Crippen molar-refractivity contribution >= 4 is 28.7 Å². The Balaban J connectivity index is 2.11. The molecule has 14 heteroatoms. The molecule has 1 saturated heterocycles. The predicted octanol–water partition coefficient (Wildman–Crippen LogP) is 6.24. The molecule has 1 fully saturated rings. The van der Waals surface area contributed by atoms with Gasteiger partial charge >= 0.3 is 17.8 Å². The molecule has 3 rings (SSSR count). The molecule has 0 aliphatic carbocycles. The topological polar surface area (TPSA) is 147 Å². The van der Waals surface area contributed by atoms with E-state index in [0.29, 0.717) is 0 Å². The summed E-state index contributed by atoms with van der Waals surface area (Å²) in [5.74, 6) is -0.676. The third kappa shape index (κ3) is 10.7. The number of esters is 1. The minimum atomic E-state index is -2.54. The smallest absolute Gasteiger partial charge is 0.408 e. The molecule has 274 valence electrons. The normalized spacial score (nSPS) is 21.2. The van der Waals surface area contributed by atoms with Crippen molar-refractivity contribution in [3.05, 3.63) is 69.0 Å². The van der Waals surface area contributed by atoms with E-state index in [4.69, 9.17) is 23.1 Å². The number of nitrogens with zero attached hydrogens (tertiary/aromatic N) is 1. The molecule has 1 aliphatic heterocycles. The highest BCUT2D eigenvalue weighted by Gasteiger charge is 2.55. The first-order valence-electron chi connectivity index (χ1n) is 16.8.